The van der Waals surface area contributed by atoms with Crippen molar-refractivity contribution < 1.29 is 37.1 Å². The second kappa shape index (κ2) is 18.3. The Balaban J connectivity index is 1.30. The highest BCUT2D eigenvalue weighted by molar-refractivity contribution is 7.48. The van der Waals surface area contributed by atoms with Gasteiger partial charge in [-0.25, -0.2) is 4.57 Å². The second-order valence-corrected chi connectivity index (χ2v) is 13.7. The Bertz CT molecular complexity index is 1680. The first-order valence-corrected chi connectivity index (χ1v) is 18.3. The molecule has 1 fully saturated rings. The summed E-state index contributed by atoms with van der Waals surface area (Å²) < 4.78 is 59.1. The molecule has 260 valence electrons. The largest absolute Gasteiger partial charge is 0.477 e. The van der Waals surface area contributed by atoms with Gasteiger partial charge in [-0.2, -0.15) is 0 Å². The van der Waals surface area contributed by atoms with Gasteiger partial charge in [-0.15, -0.1) is 0 Å². The molecule has 9 heteroatoms. The van der Waals surface area contributed by atoms with Crippen LogP contribution in [0.3, 0.4) is 0 Å². The molecule has 1 aliphatic heterocycles. The molecule has 8 nitrogen and oxygen atoms in total. The SMILES string of the molecule is C[C@@H]1O[C@H](OP(=O)(OCc2ccccc2)OCc2ccccc2)[C@@H](OCc2ccccc2)[C@H](OCc2ccccc2)[C@@H]1OCc1ccccc1. The molecule has 0 aliphatic carbocycles. The summed E-state index contributed by atoms with van der Waals surface area (Å²) in [6, 6.07) is 48.5. The Hall–Kier alpha value is -3.95. The summed E-state index contributed by atoms with van der Waals surface area (Å²) in [5.41, 5.74) is 4.56. The molecule has 0 saturated carbocycles. The highest BCUT2D eigenvalue weighted by Gasteiger charge is 2.50. The summed E-state index contributed by atoms with van der Waals surface area (Å²) in [5.74, 6) is 0. The molecule has 0 bridgehead atoms. The minimum atomic E-state index is -4.27. The van der Waals surface area contributed by atoms with Gasteiger partial charge in [0.1, 0.15) is 18.3 Å². The van der Waals surface area contributed by atoms with Gasteiger partial charge in [0, 0.05) is 0 Å². The fourth-order valence-corrected chi connectivity index (χ4v) is 6.87. The van der Waals surface area contributed by atoms with Crippen molar-refractivity contribution in [2.75, 3.05) is 0 Å². The average Bonchev–Trinajstić information content (AvgIpc) is 3.17. The summed E-state index contributed by atoms with van der Waals surface area (Å²) in [7, 11) is -4.27. The van der Waals surface area contributed by atoms with Crippen LogP contribution < -0.4 is 0 Å². The first-order chi connectivity index (χ1) is 24.5. The summed E-state index contributed by atoms with van der Waals surface area (Å²) >= 11 is 0. The first kappa shape index (κ1) is 35.9. The molecule has 1 heterocycles. The highest BCUT2D eigenvalue weighted by Crippen LogP contribution is 2.53. The van der Waals surface area contributed by atoms with Crippen LogP contribution in [-0.4, -0.2) is 30.7 Å². The van der Waals surface area contributed by atoms with Gasteiger partial charge in [0.2, 0.25) is 0 Å². The summed E-state index contributed by atoms with van der Waals surface area (Å²) in [6.45, 7) is 2.73. The van der Waals surface area contributed by atoms with Crippen molar-refractivity contribution in [1.29, 1.82) is 0 Å². The van der Waals surface area contributed by atoms with Crippen LogP contribution in [-0.2, 0) is 70.1 Å². The van der Waals surface area contributed by atoms with E-state index in [1.165, 1.54) is 0 Å². The van der Waals surface area contributed by atoms with E-state index < -0.39 is 38.5 Å². The fraction of sp³-hybridized carbons (Fsp3) is 0.268. The maximum absolute atomic E-state index is 14.6. The molecule has 0 aromatic heterocycles. The summed E-state index contributed by atoms with van der Waals surface area (Å²) in [6.07, 6.45) is -3.87. The van der Waals surface area contributed by atoms with Crippen LogP contribution in [0.2, 0.25) is 0 Å². The van der Waals surface area contributed by atoms with Crippen LogP contribution in [0.4, 0.5) is 0 Å². The van der Waals surface area contributed by atoms with E-state index in [0.29, 0.717) is 6.61 Å². The van der Waals surface area contributed by atoms with E-state index in [0.717, 1.165) is 27.8 Å². The topological polar surface area (TPSA) is 81.7 Å². The lowest BCUT2D eigenvalue weighted by Gasteiger charge is -2.45. The number of phosphoric acid groups is 1. The molecule has 50 heavy (non-hydrogen) atoms. The smallest absolute Gasteiger partial charge is 0.368 e. The molecule has 5 aromatic carbocycles. The second-order valence-electron chi connectivity index (χ2n) is 12.1. The zero-order valence-corrected chi connectivity index (χ0v) is 29.0. The molecule has 0 radical (unpaired) electrons. The van der Waals surface area contributed by atoms with Crippen LogP contribution >= 0.6 is 7.82 Å². The van der Waals surface area contributed by atoms with Crippen molar-refractivity contribution in [3.8, 4) is 0 Å². The molecule has 5 aromatic rings. The van der Waals surface area contributed by atoms with Crippen molar-refractivity contribution in [2.45, 2.75) is 70.7 Å². The van der Waals surface area contributed by atoms with E-state index >= 15 is 0 Å². The Labute approximate surface area is 294 Å². The normalized spacial score (nSPS) is 20.8. The van der Waals surface area contributed by atoms with Crippen molar-refractivity contribution in [2.24, 2.45) is 0 Å². The van der Waals surface area contributed by atoms with Crippen LogP contribution in [0, 0.1) is 0 Å². The predicted molar refractivity (Wildman–Crippen MR) is 191 cm³/mol. The maximum atomic E-state index is 14.6. The number of phosphoric ester groups is 1. The van der Waals surface area contributed by atoms with Gasteiger partial charge in [-0.05, 0) is 34.7 Å². The van der Waals surface area contributed by atoms with Crippen molar-refractivity contribution >= 4 is 7.82 Å². The van der Waals surface area contributed by atoms with Crippen LogP contribution in [0.5, 0.6) is 0 Å². The zero-order valence-electron chi connectivity index (χ0n) is 28.1. The molecule has 0 spiro atoms. The minimum absolute atomic E-state index is 0.00146. The summed E-state index contributed by atoms with van der Waals surface area (Å²) in [5, 5.41) is 0. The molecular formula is C41H43O8P. The van der Waals surface area contributed by atoms with E-state index in [2.05, 4.69) is 0 Å². The molecule has 6 rings (SSSR count). The number of ether oxygens (including phenoxy) is 4. The van der Waals surface area contributed by atoms with Gasteiger partial charge < -0.3 is 18.9 Å². The molecule has 0 unspecified atom stereocenters. The predicted octanol–water partition coefficient (Wildman–Crippen LogP) is 9.05. The Morgan fingerprint density at radius 2 is 0.780 bits per heavy atom. The molecule has 0 N–H and O–H groups in total. The maximum Gasteiger partial charge on any atom is 0.477 e. The van der Waals surface area contributed by atoms with Gasteiger partial charge >= 0.3 is 7.82 Å². The highest BCUT2D eigenvalue weighted by atomic mass is 31.2. The number of benzene rings is 5. The molecule has 1 saturated heterocycles. The molecule has 5 atom stereocenters. The lowest BCUT2D eigenvalue weighted by atomic mass is 9.98. The van der Waals surface area contributed by atoms with Crippen LogP contribution in [0.1, 0.15) is 34.7 Å². The summed E-state index contributed by atoms with van der Waals surface area (Å²) in [4.78, 5) is 0. The van der Waals surface area contributed by atoms with Gasteiger partial charge in [0.15, 0.2) is 6.29 Å². The fourth-order valence-electron chi connectivity index (χ4n) is 5.63. The number of hydrogen-bond donors (Lipinski definition) is 0. The Morgan fingerprint density at radius 1 is 0.460 bits per heavy atom. The van der Waals surface area contributed by atoms with E-state index in [1.54, 1.807) is 0 Å². The van der Waals surface area contributed by atoms with Crippen molar-refractivity contribution in [1.82, 2.24) is 0 Å². The average molecular weight is 695 g/mol. The van der Waals surface area contributed by atoms with E-state index in [1.807, 2.05) is 159 Å². The van der Waals surface area contributed by atoms with Crippen LogP contribution in [0.15, 0.2) is 152 Å². The van der Waals surface area contributed by atoms with Gasteiger partial charge in [0.05, 0.1) is 39.1 Å². The quantitative estimate of drug-likeness (QED) is 0.0893. The number of hydrogen-bond acceptors (Lipinski definition) is 8. The molecular weight excluding hydrogens is 651 g/mol. The Morgan fingerprint density at radius 3 is 1.16 bits per heavy atom. The monoisotopic (exact) mass is 694 g/mol. The third-order valence-electron chi connectivity index (χ3n) is 8.28. The van der Waals surface area contributed by atoms with E-state index in [-0.39, 0.29) is 26.4 Å². The third kappa shape index (κ3) is 10.5. The van der Waals surface area contributed by atoms with Gasteiger partial charge in [0.25, 0.3) is 0 Å². The molecule has 0 amide bonds. The van der Waals surface area contributed by atoms with Gasteiger partial charge in [-0.1, -0.05) is 152 Å². The van der Waals surface area contributed by atoms with E-state index in [4.69, 9.17) is 32.5 Å². The minimum Gasteiger partial charge on any atom is -0.368 e. The zero-order chi connectivity index (χ0) is 34.4. The van der Waals surface area contributed by atoms with Crippen molar-refractivity contribution in [3.05, 3.63) is 179 Å². The lowest BCUT2D eigenvalue weighted by molar-refractivity contribution is -0.304. The van der Waals surface area contributed by atoms with Crippen molar-refractivity contribution in [3.63, 3.8) is 0 Å². The standard InChI is InChI=1S/C41H43O8P/c1-32-38(43-27-33-17-7-2-8-18-33)39(44-28-34-19-9-3-10-20-34)40(45-29-35-21-11-4-12-22-35)41(48-32)49-50(42,46-30-36-23-13-5-14-24-36)47-31-37-25-15-6-16-26-37/h2-26,32,38-41H,27-31H2,1H3/t32-,38+,39+,40-,41+/m0/s1. The van der Waals surface area contributed by atoms with E-state index in [9.17, 15) is 4.57 Å². The Kier molecular flexibility index (Phi) is 13.1. The van der Waals surface area contributed by atoms with Gasteiger partial charge in [-0.3, -0.25) is 13.6 Å². The molecule has 1 aliphatic rings. The van der Waals surface area contributed by atoms with Crippen LogP contribution in [0.25, 0.3) is 0 Å². The third-order valence-corrected chi connectivity index (χ3v) is 9.64. The first-order valence-electron chi connectivity index (χ1n) is 16.8. The number of rotatable bonds is 17. The lowest BCUT2D eigenvalue weighted by Crippen LogP contribution is -2.59.